The maximum atomic E-state index is 11.9. The SMILES string of the molecule is Nc1nccnc1C(=O)OCc1csc(Cc2ccc(Cl)cc2)n1. The van der Waals surface area contributed by atoms with Crippen LogP contribution in [0, 0.1) is 0 Å². The molecule has 0 unspecified atom stereocenters. The average Bonchev–Trinajstić information content (AvgIpc) is 3.03. The molecular weight excluding hydrogens is 348 g/mol. The van der Waals surface area contributed by atoms with E-state index in [1.54, 1.807) is 0 Å². The molecule has 122 valence electrons. The molecule has 8 heteroatoms. The van der Waals surface area contributed by atoms with Gasteiger partial charge in [-0.3, -0.25) is 0 Å². The topological polar surface area (TPSA) is 91.0 Å². The molecule has 24 heavy (non-hydrogen) atoms. The molecule has 2 aromatic heterocycles. The standard InChI is InChI=1S/C16H13ClN4O2S/c17-11-3-1-10(2-4-11)7-13-21-12(9-24-13)8-23-16(22)14-15(18)20-6-5-19-14/h1-6,9H,7-8H2,(H2,18,20). The largest absolute Gasteiger partial charge is 0.454 e. The number of hydrogen-bond donors (Lipinski definition) is 1. The predicted molar refractivity (Wildman–Crippen MR) is 91.9 cm³/mol. The van der Waals surface area contributed by atoms with Gasteiger partial charge in [-0.2, -0.15) is 0 Å². The minimum absolute atomic E-state index is 0.00844. The molecule has 6 nitrogen and oxygen atoms in total. The van der Waals surface area contributed by atoms with Crippen LogP contribution in [0.15, 0.2) is 42.0 Å². The highest BCUT2D eigenvalue weighted by atomic mass is 35.5. The molecule has 0 saturated heterocycles. The minimum Gasteiger partial charge on any atom is -0.454 e. The summed E-state index contributed by atoms with van der Waals surface area (Å²) in [5.41, 5.74) is 7.40. The molecule has 0 fully saturated rings. The summed E-state index contributed by atoms with van der Waals surface area (Å²) in [4.78, 5) is 24.1. The van der Waals surface area contributed by atoms with E-state index in [4.69, 9.17) is 22.1 Å². The summed E-state index contributed by atoms with van der Waals surface area (Å²) in [5, 5.41) is 3.50. The van der Waals surface area contributed by atoms with Gasteiger partial charge in [-0.15, -0.1) is 11.3 Å². The van der Waals surface area contributed by atoms with Gasteiger partial charge in [0.15, 0.2) is 11.5 Å². The number of nitrogens with two attached hydrogens (primary N) is 1. The molecule has 1 aromatic carbocycles. The van der Waals surface area contributed by atoms with Gasteiger partial charge in [-0.1, -0.05) is 23.7 Å². The molecule has 0 saturated carbocycles. The number of nitrogen functional groups attached to an aromatic ring is 1. The van der Waals surface area contributed by atoms with E-state index in [0.717, 1.165) is 10.6 Å². The molecule has 0 aliphatic rings. The van der Waals surface area contributed by atoms with Crippen LogP contribution in [-0.2, 0) is 17.8 Å². The highest BCUT2D eigenvalue weighted by Gasteiger charge is 2.14. The lowest BCUT2D eigenvalue weighted by atomic mass is 10.2. The predicted octanol–water partition coefficient (Wildman–Crippen LogP) is 3.12. The van der Waals surface area contributed by atoms with Gasteiger partial charge in [-0.25, -0.2) is 19.7 Å². The summed E-state index contributed by atoms with van der Waals surface area (Å²) in [6.07, 6.45) is 3.50. The second kappa shape index (κ2) is 7.37. The Labute approximate surface area is 147 Å². The molecule has 0 radical (unpaired) electrons. The summed E-state index contributed by atoms with van der Waals surface area (Å²) in [6, 6.07) is 7.61. The van der Waals surface area contributed by atoms with Crippen LogP contribution in [0.4, 0.5) is 5.82 Å². The Hall–Kier alpha value is -2.51. The quantitative estimate of drug-likeness (QED) is 0.703. The van der Waals surface area contributed by atoms with Crippen molar-refractivity contribution in [2.24, 2.45) is 0 Å². The van der Waals surface area contributed by atoms with Gasteiger partial charge in [-0.05, 0) is 17.7 Å². The maximum absolute atomic E-state index is 11.9. The molecule has 0 spiro atoms. The number of anilines is 1. The van der Waals surface area contributed by atoms with E-state index in [1.165, 1.54) is 23.7 Å². The number of halogens is 1. The minimum atomic E-state index is -0.618. The Morgan fingerprint density at radius 1 is 1.21 bits per heavy atom. The van der Waals surface area contributed by atoms with Gasteiger partial charge in [0.2, 0.25) is 0 Å². The molecule has 3 aromatic rings. The Bertz CT molecular complexity index is 851. The maximum Gasteiger partial charge on any atom is 0.361 e. The summed E-state index contributed by atoms with van der Waals surface area (Å²) >= 11 is 7.38. The van der Waals surface area contributed by atoms with Gasteiger partial charge in [0.1, 0.15) is 6.61 Å². The van der Waals surface area contributed by atoms with E-state index in [9.17, 15) is 4.79 Å². The van der Waals surface area contributed by atoms with Crippen LogP contribution >= 0.6 is 22.9 Å². The highest BCUT2D eigenvalue weighted by Crippen LogP contribution is 2.17. The molecule has 0 aliphatic carbocycles. The van der Waals surface area contributed by atoms with E-state index in [1.807, 2.05) is 29.6 Å². The van der Waals surface area contributed by atoms with Crippen molar-refractivity contribution in [3.8, 4) is 0 Å². The summed E-state index contributed by atoms with van der Waals surface area (Å²) in [7, 11) is 0. The summed E-state index contributed by atoms with van der Waals surface area (Å²) in [5.74, 6) is -0.572. The van der Waals surface area contributed by atoms with Crippen LogP contribution in [0.25, 0.3) is 0 Å². The zero-order valence-electron chi connectivity index (χ0n) is 12.5. The fourth-order valence-corrected chi connectivity index (χ4v) is 2.93. The van der Waals surface area contributed by atoms with Crippen molar-refractivity contribution in [1.29, 1.82) is 0 Å². The first kappa shape index (κ1) is 16.4. The van der Waals surface area contributed by atoms with Crippen LogP contribution in [0.1, 0.15) is 26.8 Å². The fraction of sp³-hybridized carbons (Fsp3) is 0.125. The third-order valence-corrected chi connectivity index (χ3v) is 4.29. The van der Waals surface area contributed by atoms with Crippen molar-refractivity contribution >= 4 is 34.7 Å². The Morgan fingerprint density at radius 2 is 1.96 bits per heavy atom. The first-order chi connectivity index (χ1) is 11.6. The van der Waals surface area contributed by atoms with Gasteiger partial charge in [0, 0.05) is 29.2 Å². The van der Waals surface area contributed by atoms with Crippen LogP contribution in [0.3, 0.4) is 0 Å². The van der Waals surface area contributed by atoms with E-state index in [-0.39, 0.29) is 18.1 Å². The van der Waals surface area contributed by atoms with E-state index in [0.29, 0.717) is 17.1 Å². The van der Waals surface area contributed by atoms with Crippen LogP contribution in [0.5, 0.6) is 0 Å². The molecule has 0 amide bonds. The van der Waals surface area contributed by atoms with Crippen LogP contribution < -0.4 is 5.73 Å². The summed E-state index contributed by atoms with van der Waals surface area (Å²) < 4.78 is 5.18. The van der Waals surface area contributed by atoms with Crippen molar-refractivity contribution in [3.05, 3.63) is 69.0 Å². The number of esters is 1. The third-order valence-electron chi connectivity index (χ3n) is 3.14. The molecule has 2 N–H and O–H groups in total. The number of carbonyl (C=O) groups is 1. The number of carbonyl (C=O) groups excluding carboxylic acids is 1. The van der Waals surface area contributed by atoms with Crippen molar-refractivity contribution in [2.45, 2.75) is 13.0 Å². The van der Waals surface area contributed by atoms with Crippen molar-refractivity contribution < 1.29 is 9.53 Å². The van der Waals surface area contributed by atoms with Crippen LogP contribution in [0.2, 0.25) is 5.02 Å². The number of rotatable bonds is 5. The van der Waals surface area contributed by atoms with Gasteiger partial charge in [0.05, 0.1) is 10.7 Å². The molecule has 3 rings (SSSR count). The molecule has 0 bridgehead atoms. The van der Waals surface area contributed by atoms with E-state index >= 15 is 0 Å². The third kappa shape index (κ3) is 4.06. The van der Waals surface area contributed by atoms with Crippen molar-refractivity contribution in [1.82, 2.24) is 15.0 Å². The van der Waals surface area contributed by atoms with E-state index in [2.05, 4.69) is 15.0 Å². The lowest BCUT2D eigenvalue weighted by molar-refractivity contribution is 0.0462. The van der Waals surface area contributed by atoms with E-state index < -0.39 is 5.97 Å². The zero-order chi connectivity index (χ0) is 16.9. The van der Waals surface area contributed by atoms with Crippen molar-refractivity contribution in [2.75, 3.05) is 5.73 Å². The smallest absolute Gasteiger partial charge is 0.361 e. The number of ether oxygens (including phenoxy) is 1. The zero-order valence-corrected chi connectivity index (χ0v) is 14.0. The Balaban J connectivity index is 1.59. The molecule has 2 heterocycles. The van der Waals surface area contributed by atoms with Gasteiger partial charge in [0.25, 0.3) is 0 Å². The van der Waals surface area contributed by atoms with Gasteiger partial charge < -0.3 is 10.5 Å². The Kier molecular flexibility index (Phi) is 5.02. The molecular formula is C16H13ClN4O2S. The number of nitrogens with zero attached hydrogens (tertiary/aromatic N) is 3. The van der Waals surface area contributed by atoms with Crippen molar-refractivity contribution in [3.63, 3.8) is 0 Å². The highest BCUT2D eigenvalue weighted by molar-refractivity contribution is 7.09. The lowest BCUT2D eigenvalue weighted by Gasteiger charge is -2.03. The van der Waals surface area contributed by atoms with Gasteiger partial charge >= 0.3 is 5.97 Å². The second-order valence-corrected chi connectivity index (χ2v) is 6.28. The molecule has 0 aliphatic heterocycles. The first-order valence-electron chi connectivity index (χ1n) is 7.03. The first-order valence-corrected chi connectivity index (χ1v) is 8.29. The lowest BCUT2D eigenvalue weighted by Crippen LogP contribution is -2.11. The fourth-order valence-electron chi connectivity index (χ4n) is 1.99. The summed E-state index contributed by atoms with van der Waals surface area (Å²) in [6.45, 7) is 0.0615. The number of aromatic nitrogens is 3. The monoisotopic (exact) mass is 360 g/mol. The Morgan fingerprint density at radius 3 is 2.71 bits per heavy atom. The number of hydrogen-bond acceptors (Lipinski definition) is 7. The molecule has 0 atom stereocenters. The van der Waals surface area contributed by atoms with Crippen LogP contribution in [-0.4, -0.2) is 20.9 Å². The normalized spacial score (nSPS) is 10.5. The second-order valence-electron chi connectivity index (χ2n) is 4.90. The average molecular weight is 361 g/mol. The number of thiazole rings is 1. The number of benzene rings is 1.